The second-order valence-electron chi connectivity index (χ2n) is 5.69. The van der Waals surface area contributed by atoms with Gasteiger partial charge in [0, 0.05) is 11.1 Å². The molecule has 1 unspecified atom stereocenters. The number of benzene rings is 2. The quantitative estimate of drug-likeness (QED) is 0.827. The predicted molar refractivity (Wildman–Crippen MR) is 94.1 cm³/mol. The van der Waals surface area contributed by atoms with E-state index in [1.807, 2.05) is 38.1 Å². The van der Waals surface area contributed by atoms with Crippen LogP contribution < -0.4 is 10.1 Å². The minimum Gasteiger partial charge on any atom is -0.484 e. The summed E-state index contributed by atoms with van der Waals surface area (Å²) in [4.78, 5) is 11.9. The molecule has 0 spiro atoms. The zero-order chi connectivity index (χ0) is 16.7. The van der Waals surface area contributed by atoms with E-state index < -0.39 is 0 Å². The molecule has 0 aliphatic rings. The molecule has 0 aliphatic heterocycles. The predicted octanol–water partition coefficient (Wildman–Crippen LogP) is 4.16. The Bertz CT molecular complexity index is 643. The molecular formula is C19H22ClNO2. The lowest BCUT2D eigenvalue weighted by atomic mass is 10.1. The highest BCUT2D eigenvalue weighted by atomic mass is 35.5. The van der Waals surface area contributed by atoms with Crippen molar-refractivity contribution >= 4 is 17.5 Å². The maximum absolute atomic E-state index is 11.9. The van der Waals surface area contributed by atoms with E-state index in [4.69, 9.17) is 16.3 Å². The summed E-state index contributed by atoms with van der Waals surface area (Å²) in [6, 6.07) is 15.7. The molecule has 4 heteroatoms. The first-order chi connectivity index (χ1) is 11.0. The lowest BCUT2D eigenvalue weighted by Crippen LogP contribution is -2.36. The first-order valence-corrected chi connectivity index (χ1v) is 8.14. The van der Waals surface area contributed by atoms with Gasteiger partial charge in [-0.2, -0.15) is 0 Å². The van der Waals surface area contributed by atoms with E-state index >= 15 is 0 Å². The van der Waals surface area contributed by atoms with Crippen LogP contribution >= 0.6 is 11.6 Å². The molecule has 0 aliphatic carbocycles. The van der Waals surface area contributed by atoms with Crippen LogP contribution in [-0.4, -0.2) is 18.6 Å². The molecular weight excluding hydrogens is 310 g/mol. The third-order valence-corrected chi connectivity index (χ3v) is 4.04. The average molecular weight is 332 g/mol. The molecule has 0 fully saturated rings. The minimum atomic E-state index is -0.113. The van der Waals surface area contributed by atoms with Gasteiger partial charge in [-0.3, -0.25) is 4.79 Å². The monoisotopic (exact) mass is 331 g/mol. The van der Waals surface area contributed by atoms with E-state index in [-0.39, 0.29) is 18.6 Å². The number of ether oxygens (including phenoxy) is 1. The lowest BCUT2D eigenvalue weighted by Gasteiger charge is -2.14. The number of nitrogens with one attached hydrogen (secondary N) is 1. The molecule has 1 atom stereocenters. The molecule has 0 saturated heterocycles. The number of carbonyl (C=O) groups excluding carboxylic acids is 1. The van der Waals surface area contributed by atoms with Gasteiger partial charge in [0.2, 0.25) is 0 Å². The summed E-state index contributed by atoms with van der Waals surface area (Å²) >= 11 is 5.96. The second-order valence-corrected chi connectivity index (χ2v) is 6.10. The average Bonchev–Trinajstić information content (AvgIpc) is 2.55. The summed E-state index contributed by atoms with van der Waals surface area (Å²) in [7, 11) is 0. The van der Waals surface area contributed by atoms with E-state index in [1.54, 1.807) is 12.1 Å². The van der Waals surface area contributed by atoms with Crippen LogP contribution in [0, 0.1) is 6.92 Å². The Kier molecular flexibility index (Phi) is 6.48. The molecule has 23 heavy (non-hydrogen) atoms. The Hall–Kier alpha value is -2.00. The van der Waals surface area contributed by atoms with E-state index in [2.05, 4.69) is 17.4 Å². The van der Waals surface area contributed by atoms with Crippen LogP contribution in [0.25, 0.3) is 0 Å². The molecule has 0 bridgehead atoms. The molecule has 0 heterocycles. The highest BCUT2D eigenvalue weighted by molar-refractivity contribution is 6.31. The summed E-state index contributed by atoms with van der Waals surface area (Å²) in [5, 5.41) is 3.65. The second kappa shape index (κ2) is 8.59. The Balaban J connectivity index is 1.72. The SMILES string of the molecule is Cc1cc(OCC(=O)NC(C)CCc2ccccc2)ccc1Cl. The van der Waals surface area contributed by atoms with Crippen molar-refractivity contribution in [3.8, 4) is 5.75 Å². The van der Waals surface area contributed by atoms with Crippen molar-refractivity contribution in [2.75, 3.05) is 6.61 Å². The van der Waals surface area contributed by atoms with Gasteiger partial charge in [0.05, 0.1) is 0 Å². The van der Waals surface area contributed by atoms with Gasteiger partial charge in [0.1, 0.15) is 5.75 Å². The van der Waals surface area contributed by atoms with Gasteiger partial charge in [0.25, 0.3) is 5.91 Å². The molecule has 122 valence electrons. The van der Waals surface area contributed by atoms with Gasteiger partial charge in [-0.05, 0) is 56.0 Å². The number of hydrogen-bond acceptors (Lipinski definition) is 2. The lowest BCUT2D eigenvalue weighted by molar-refractivity contribution is -0.123. The van der Waals surface area contributed by atoms with Gasteiger partial charge in [-0.25, -0.2) is 0 Å². The van der Waals surface area contributed by atoms with Gasteiger partial charge in [-0.1, -0.05) is 41.9 Å². The Labute approximate surface area is 142 Å². The fraction of sp³-hybridized carbons (Fsp3) is 0.316. The number of rotatable bonds is 7. The van der Waals surface area contributed by atoms with E-state index in [0.717, 1.165) is 18.4 Å². The van der Waals surface area contributed by atoms with Crippen LogP contribution in [0.2, 0.25) is 5.02 Å². The van der Waals surface area contributed by atoms with Crippen molar-refractivity contribution < 1.29 is 9.53 Å². The van der Waals surface area contributed by atoms with Crippen LogP contribution in [0.3, 0.4) is 0 Å². The first-order valence-electron chi connectivity index (χ1n) is 7.77. The molecule has 2 aromatic carbocycles. The molecule has 3 nitrogen and oxygen atoms in total. The van der Waals surface area contributed by atoms with Gasteiger partial charge < -0.3 is 10.1 Å². The van der Waals surface area contributed by atoms with Crippen LogP contribution in [0.4, 0.5) is 0 Å². The summed E-state index contributed by atoms with van der Waals surface area (Å²) < 4.78 is 5.50. The van der Waals surface area contributed by atoms with Gasteiger partial charge in [-0.15, -0.1) is 0 Å². The Morgan fingerprint density at radius 3 is 2.65 bits per heavy atom. The molecule has 1 N–H and O–H groups in total. The van der Waals surface area contributed by atoms with E-state index in [0.29, 0.717) is 10.8 Å². The largest absolute Gasteiger partial charge is 0.484 e. The van der Waals surface area contributed by atoms with Crippen LogP contribution in [0.5, 0.6) is 5.75 Å². The highest BCUT2D eigenvalue weighted by Gasteiger charge is 2.09. The zero-order valence-corrected chi connectivity index (χ0v) is 14.3. The van der Waals surface area contributed by atoms with E-state index in [9.17, 15) is 4.79 Å². The van der Waals surface area contributed by atoms with E-state index in [1.165, 1.54) is 5.56 Å². The molecule has 1 amide bonds. The summed E-state index contributed by atoms with van der Waals surface area (Å²) in [5.74, 6) is 0.539. The standard InChI is InChI=1S/C19H22ClNO2/c1-14-12-17(10-11-18(14)20)23-13-19(22)21-15(2)8-9-16-6-4-3-5-7-16/h3-7,10-12,15H,8-9,13H2,1-2H3,(H,21,22). The third kappa shape index (κ3) is 5.95. The van der Waals surface area contributed by atoms with Crippen molar-refractivity contribution in [3.63, 3.8) is 0 Å². The van der Waals surface area contributed by atoms with Crippen molar-refractivity contribution in [1.82, 2.24) is 5.32 Å². The minimum absolute atomic E-state index is 0.0107. The van der Waals surface area contributed by atoms with Gasteiger partial charge in [0.15, 0.2) is 6.61 Å². The van der Waals surface area contributed by atoms with Crippen molar-refractivity contribution in [2.45, 2.75) is 32.7 Å². The fourth-order valence-corrected chi connectivity index (χ4v) is 2.39. The summed E-state index contributed by atoms with van der Waals surface area (Å²) in [5.41, 5.74) is 2.21. The van der Waals surface area contributed by atoms with Crippen molar-refractivity contribution in [3.05, 3.63) is 64.7 Å². The topological polar surface area (TPSA) is 38.3 Å². The summed E-state index contributed by atoms with van der Waals surface area (Å²) in [6.45, 7) is 3.92. The molecule has 2 aromatic rings. The van der Waals surface area contributed by atoms with Crippen molar-refractivity contribution in [2.24, 2.45) is 0 Å². The maximum atomic E-state index is 11.9. The highest BCUT2D eigenvalue weighted by Crippen LogP contribution is 2.20. The molecule has 0 saturated carbocycles. The number of amides is 1. The number of halogens is 1. The van der Waals surface area contributed by atoms with Crippen LogP contribution in [0.1, 0.15) is 24.5 Å². The van der Waals surface area contributed by atoms with Crippen LogP contribution in [0.15, 0.2) is 48.5 Å². The molecule has 0 aromatic heterocycles. The van der Waals surface area contributed by atoms with Gasteiger partial charge >= 0.3 is 0 Å². The number of aryl methyl sites for hydroxylation is 2. The van der Waals surface area contributed by atoms with Crippen molar-refractivity contribution in [1.29, 1.82) is 0 Å². The third-order valence-electron chi connectivity index (χ3n) is 3.62. The Morgan fingerprint density at radius 2 is 1.96 bits per heavy atom. The molecule has 2 rings (SSSR count). The summed E-state index contributed by atoms with van der Waals surface area (Å²) in [6.07, 6.45) is 1.84. The normalized spacial score (nSPS) is 11.8. The van der Waals surface area contributed by atoms with Crippen LogP contribution in [-0.2, 0) is 11.2 Å². The number of hydrogen-bond donors (Lipinski definition) is 1. The fourth-order valence-electron chi connectivity index (χ4n) is 2.27. The smallest absolute Gasteiger partial charge is 0.258 e. The maximum Gasteiger partial charge on any atom is 0.258 e. The first kappa shape index (κ1) is 17.4. The zero-order valence-electron chi connectivity index (χ0n) is 13.5. The Morgan fingerprint density at radius 1 is 1.22 bits per heavy atom. The number of carbonyl (C=O) groups is 1. The molecule has 0 radical (unpaired) electrons.